The second-order valence-corrected chi connectivity index (χ2v) is 10.5. The number of benzene rings is 1. The summed E-state index contributed by atoms with van der Waals surface area (Å²) in [7, 11) is 1.51. The van der Waals surface area contributed by atoms with Gasteiger partial charge in [0.15, 0.2) is 0 Å². The highest BCUT2D eigenvalue weighted by Gasteiger charge is 2.49. The summed E-state index contributed by atoms with van der Waals surface area (Å²) in [6.07, 6.45) is 1.99. The van der Waals surface area contributed by atoms with Crippen molar-refractivity contribution in [3.63, 3.8) is 0 Å². The van der Waals surface area contributed by atoms with E-state index >= 15 is 0 Å². The molecular weight excluding hydrogens is 532 g/mol. The summed E-state index contributed by atoms with van der Waals surface area (Å²) in [6, 6.07) is 4.70. The molecule has 0 bridgehead atoms. The lowest BCUT2D eigenvalue weighted by Gasteiger charge is -2.36. The number of methoxy groups -OCH3 is 1. The average Bonchev–Trinajstić information content (AvgIpc) is 3.52. The Balaban J connectivity index is 1.20. The van der Waals surface area contributed by atoms with Crippen molar-refractivity contribution in [1.82, 2.24) is 30.8 Å². The highest BCUT2D eigenvalue weighted by molar-refractivity contribution is 6.09. The predicted molar refractivity (Wildman–Crippen MR) is 142 cm³/mol. The van der Waals surface area contributed by atoms with Crippen LogP contribution in [0.3, 0.4) is 0 Å². The minimum Gasteiger partial charge on any atom is -0.497 e. The van der Waals surface area contributed by atoms with E-state index in [0.29, 0.717) is 43.2 Å². The van der Waals surface area contributed by atoms with Crippen LogP contribution in [0, 0.1) is 17.3 Å². The van der Waals surface area contributed by atoms with E-state index in [4.69, 9.17) is 10.5 Å². The monoisotopic (exact) mass is 558 g/mol. The summed E-state index contributed by atoms with van der Waals surface area (Å²) in [4.78, 5) is 74.2. The predicted octanol–water partition coefficient (Wildman–Crippen LogP) is -0.714. The van der Waals surface area contributed by atoms with E-state index in [9.17, 15) is 24.0 Å². The van der Waals surface area contributed by atoms with Crippen molar-refractivity contribution in [3.05, 3.63) is 41.1 Å². The molecule has 14 heteroatoms. The van der Waals surface area contributed by atoms with Crippen LogP contribution in [-0.2, 0) is 20.9 Å². The largest absolute Gasteiger partial charge is 0.497 e. The van der Waals surface area contributed by atoms with Gasteiger partial charge >= 0.3 is 6.03 Å². The van der Waals surface area contributed by atoms with E-state index in [0.717, 1.165) is 5.56 Å². The first-order valence-corrected chi connectivity index (χ1v) is 13.0. The van der Waals surface area contributed by atoms with Crippen molar-refractivity contribution in [2.45, 2.75) is 31.3 Å². The van der Waals surface area contributed by atoms with Crippen LogP contribution in [-0.4, -0.2) is 76.8 Å². The number of hydrogen-bond donors (Lipinski definition) is 4. The van der Waals surface area contributed by atoms with E-state index in [1.165, 1.54) is 18.2 Å². The van der Waals surface area contributed by atoms with Crippen molar-refractivity contribution in [2.24, 2.45) is 5.41 Å². The number of nitrogens with zero attached hydrogens (tertiary/aromatic N) is 4. The molecule has 1 unspecified atom stereocenters. The molecule has 41 heavy (non-hydrogen) atoms. The first-order chi connectivity index (χ1) is 19.6. The third kappa shape index (κ3) is 4.45. The molecule has 4 aliphatic heterocycles. The van der Waals surface area contributed by atoms with Gasteiger partial charge < -0.3 is 25.6 Å². The number of rotatable bonds is 4. The SMILES string of the molecule is COc1ccc2c(c1)C(=O)N(CC1(C#Cc3cnc(N4CCC5(CC4)NC(=O)NC5=O)nc3N)CC(=O)NC1=O)C2. The number of nitrogens with one attached hydrogen (secondary N) is 3. The van der Waals surface area contributed by atoms with Gasteiger partial charge in [0.1, 0.15) is 22.5 Å². The zero-order valence-corrected chi connectivity index (χ0v) is 22.1. The fourth-order valence-corrected chi connectivity index (χ4v) is 5.62. The Morgan fingerprint density at radius 3 is 2.51 bits per heavy atom. The van der Waals surface area contributed by atoms with Crippen molar-refractivity contribution in [3.8, 4) is 17.6 Å². The molecule has 3 fully saturated rings. The van der Waals surface area contributed by atoms with Crippen LogP contribution in [0.4, 0.5) is 16.6 Å². The van der Waals surface area contributed by atoms with Gasteiger partial charge in [0.25, 0.3) is 11.8 Å². The normalized spacial score (nSPS) is 22.7. The molecule has 14 nitrogen and oxygen atoms in total. The second kappa shape index (κ2) is 9.47. The lowest BCUT2D eigenvalue weighted by atomic mass is 9.85. The molecule has 1 atom stereocenters. The molecule has 4 aliphatic rings. The van der Waals surface area contributed by atoms with Gasteiger partial charge in [0.2, 0.25) is 17.8 Å². The quantitative estimate of drug-likeness (QED) is 0.212. The van der Waals surface area contributed by atoms with Crippen LogP contribution in [0.2, 0.25) is 0 Å². The number of fused-ring (bicyclic) bond motifs is 1. The van der Waals surface area contributed by atoms with Crippen LogP contribution in [0.15, 0.2) is 24.4 Å². The maximum Gasteiger partial charge on any atom is 0.322 e. The first-order valence-electron chi connectivity index (χ1n) is 13.0. The van der Waals surface area contributed by atoms with E-state index in [-0.39, 0.29) is 42.7 Å². The molecule has 5 heterocycles. The van der Waals surface area contributed by atoms with Gasteiger partial charge in [-0.2, -0.15) is 4.98 Å². The summed E-state index contributed by atoms with van der Waals surface area (Å²) in [5.41, 5.74) is 5.32. The fraction of sp³-hybridized carbons (Fsp3) is 0.370. The van der Waals surface area contributed by atoms with Gasteiger partial charge in [0, 0.05) is 31.7 Å². The minimum absolute atomic E-state index is 0.0753. The number of urea groups is 1. The van der Waals surface area contributed by atoms with Crippen molar-refractivity contribution >= 4 is 41.4 Å². The topological polar surface area (TPSA) is 189 Å². The number of hydrogen-bond acceptors (Lipinski definition) is 10. The number of nitrogens with two attached hydrogens (primary N) is 1. The molecule has 6 amide bonds. The Morgan fingerprint density at radius 2 is 1.88 bits per heavy atom. The maximum absolute atomic E-state index is 13.1. The molecule has 0 aliphatic carbocycles. The Hall–Kier alpha value is -5.19. The molecule has 5 N–H and O–H groups in total. The summed E-state index contributed by atoms with van der Waals surface area (Å²) < 4.78 is 5.22. The number of piperidine rings is 1. The van der Waals surface area contributed by atoms with Crippen molar-refractivity contribution < 1.29 is 28.7 Å². The molecular formula is C27H26N8O6. The number of anilines is 2. The molecule has 0 radical (unpaired) electrons. The zero-order chi connectivity index (χ0) is 28.9. The van der Waals surface area contributed by atoms with Gasteiger partial charge in [0.05, 0.1) is 25.3 Å². The van der Waals surface area contributed by atoms with E-state index < -0.39 is 28.8 Å². The maximum atomic E-state index is 13.1. The highest BCUT2D eigenvalue weighted by Crippen LogP contribution is 2.34. The third-order valence-electron chi connectivity index (χ3n) is 7.96. The fourth-order valence-electron chi connectivity index (χ4n) is 5.62. The number of aromatic nitrogens is 2. The molecule has 2 aromatic rings. The third-order valence-corrected chi connectivity index (χ3v) is 7.96. The van der Waals surface area contributed by atoms with Gasteiger partial charge in [-0.05, 0) is 30.5 Å². The summed E-state index contributed by atoms with van der Waals surface area (Å²) in [5, 5.41) is 7.29. The standard InChI is InChI=1S/C27H26N8O6/c1-41-17-3-2-16-13-35(21(37)18(16)10-17)14-26(11-19(36)30-22(26)38)5-4-15-12-29-24(31-20(15)28)34-8-6-27(7-9-34)23(39)32-25(40)33-27/h2-3,10,12H,6-9,11,13-14H2,1H3,(H2,28,29,31)(H,30,36,38)(H2,32,33,39,40). The molecule has 0 saturated carbocycles. The van der Waals surface area contributed by atoms with Crippen LogP contribution < -0.4 is 31.3 Å². The number of ether oxygens (including phenoxy) is 1. The Labute approximate surface area is 234 Å². The Morgan fingerprint density at radius 1 is 1.10 bits per heavy atom. The first kappa shape index (κ1) is 26.1. The highest BCUT2D eigenvalue weighted by atomic mass is 16.5. The van der Waals surface area contributed by atoms with Gasteiger partial charge in [-0.25, -0.2) is 9.78 Å². The molecule has 1 spiro atoms. The zero-order valence-electron chi connectivity index (χ0n) is 22.1. The van der Waals surface area contributed by atoms with E-state index in [1.54, 1.807) is 18.2 Å². The smallest absolute Gasteiger partial charge is 0.322 e. The Bertz CT molecular complexity index is 1590. The van der Waals surface area contributed by atoms with E-state index in [1.807, 2.05) is 4.90 Å². The number of imide groups is 2. The average molecular weight is 559 g/mol. The van der Waals surface area contributed by atoms with Gasteiger partial charge in [-0.15, -0.1) is 0 Å². The van der Waals surface area contributed by atoms with Crippen molar-refractivity contribution in [1.29, 1.82) is 0 Å². The Kier molecular flexibility index (Phi) is 6.02. The molecule has 6 rings (SSSR count). The van der Waals surface area contributed by atoms with Crippen LogP contribution >= 0.6 is 0 Å². The van der Waals surface area contributed by atoms with Gasteiger partial charge in [-0.1, -0.05) is 17.9 Å². The van der Waals surface area contributed by atoms with Crippen molar-refractivity contribution in [2.75, 3.05) is 37.4 Å². The molecule has 3 saturated heterocycles. The lowest BCUT2D eigenvalue weighted by Crippen LogP contribution is -2.55. The number of nitrogen functional groups attached to an aromatic ring is 1. The number of amides is 6. The molecule has 1 aromatic heterocycles. The van der Waals surface area contributed by atoms with E-state index in [2.05, 4.69) is 37.8 Å². The summed E-state index contributed by atoms with van der Waals surface area (Å²) >= 11 is 0. The number of carbonyl (C=O) groups excluding carboxylic acids is 5. The molecule has 210 valence electrons. The van der Waals surface area contributed by atoms with Crippen LogP contribution in [0.25, 0.3) is 0 Å². The lowest BCUT2D eigenvalue weighted by molar-refractivity contribution is -0.127. The number of carbonyl (C=O) groups is 5. The minimum atomic E-state index is -1.47. The van der Waals surface area contributed by atoms with Crippen LogP contribution in [0.1, 0.15) is 40.7 Å². The van der Waals surface area contributed by atoms with Gasteiger partial charge in [-0.3, -0.25) is 29.8 Å². The molecule has 1 aromatic carbocycles. The summed E-state index contributed by atoms with van der Waals surface area (Å²) in [6.45, 7) is 1.01. The van der Waals surface area contributed by atoms with Crippen LogP contribution in [0.5, 0.6) is 5.75 Å². The summed E-state index contributed by atoms with van der Waals surface area (Å²) in [5.74, 6) is 5.05. The second-order valence-electron chi connectivity index (χ2n) is 10.5.